The Balaban J connectivity index is 2.70. The Labute approximate surface area is 125 Å². The average molecular weight is 318 g/mol. The van der Waals surface area contributed by atoms with E-state index in [1.54, 1.807) is 6.92 Å². The number of nitrogens with zero attached hydrogens (tertiary/aromatic N) is 1. The Hall–Kier alpha value is -2.25. The number of halogens is 3. The molecule has 0 aliphatic rings. The van der Waals surface area contributed by atoms with E-state index in [9.17, 15) is 22.8 Å². The largest absolute Gasteiger partial charge is 0.465 e. The van der Waals surface area contributed by atoms with E-state index < -0.39 is 23.7 Å². The van der Waals surface area contributed by atoms with Gasteiger partial charge in [-0.3, -0.25) is 9.69 Å². The first-order chi connectivity index (χ1) is 10.1. The van der Waals surface area contributed by atoms with Gasteiger partial charge in [0.1, 0.15) is 0 Å². The van der Waals surface area contributed by atoms with Gasteiger partial charge >= 0.3 is 12.3 Å². The fourth-order valence-electron chi connectivity index (χ4n) is 1.74. The quantitative estimate of drug-likeness (QED) is 0.873. The SMILES string of the molecule is CC[C@H](CC(=O)N(C)C(=O)O)Nc1ccc(C(F)(F)F)cc1. The van der Waals surface area contributed by atoms with Gasteiger partial charge in [0.2, 0.25) is 5.91 Å². The van der Waals surface area contributed by atoms with Crippen LogP contribution in [0.5, 0.6) is 0 Å². The summed E-state index contributed by atoms with van der Waals surface area (Å²) in [5, 5.41) is 11.6. The van der Waals surface area contributed by atoms with Gasteiger partial charge in [0, 0.05) is 25.2 Å². The van der Waals surface area contributed by atoms with E-state index in [-0.39, 0.29) is 12.5 Å². The second kappa shape index (κ2) is 7.15. The topological polar surface area (TPSA) is 69.6 Å². The van der Waals surface area contributed by atoms with E-state index >= 15 is 0 Å². The summed E-state index contributed by atoms with van der Waals surface area (Å²) in [6.07, 6.45) is -5.31. The van der Waals surface area contributed by atoms with Crippen molar-refractivity contribution >= 4 is 17.7 Å². The summed E-state index contributed by atoms with van der Waals surface area (Å²) in [7, 11) is 1.15. The molecule has 1 rings (SSSR count). The zero-order valence-corrected chi connectivity index (χ0v) is 12.1. The number of carbonyl (C=O) groups is 2. The van der Waals surface area contributed by atoms with Crippen molar-refractivity contribution in [3.8, 4) is 0 Å². The lowest BCUT2D eigenvalue weighted by molar-refractivity contribution is -0.137. The number of rotatable bonds is 5. The smallest absolute Gasteiger partial charge is 0.416 e. The Kier molecular flexibility index (Phi) is 5.78. The molecule has 5 nitrogen and oxygen atoms in total. The molecule has 0 heterocycles. The molecule has 2 N–H and O–H groups in total. The van der Waals surface area contributed by atoms with Crippen LogP contribution in [-0.2, 0) is 11.0 Å². The van der Waals surface area contributed by atoms with Gasteiger partial charge in [-0.2, -0.15) is 13.2 Å². The maximum Gasteiger partial charge on any atom is 0.416 e. The van der Waals surface area contributed by atoms with Gasteiger partial charge < -0.3 is 10.4 Å². The standard InChI is InChI=1S/C14H17F3N2O3/c1-3-10(8-12(20)19(2)13(21)22)18-11-6-4-9(5-7-11)14(15,16)17/h4-7,10,18H,3,8H2,1-2H3,(H,21,22)/t10-/m1/s1. The molecule has 0 saturated heterocycles. The number of anilines is 1. The highest BCUT2D eigenvalue weighted by atomic mass is 19.4. The summed E-state index contributed by atoms with van der Waals surface area (Å²) in [5.74, 6) is -0.584. The lowest BCUT2D eigenvalue weighted by atomic mass is 10.1. The fraction of sp³-hybridized carbons (Fsp3) is 0.429. The molecular formula is C14H17F3N2O3. The van der Waals surface area contributed by atoms with E-state index in [0.29, 0.717) is 17.0 Å². The van der Waals surface area contributed by atoms with Crippen LogP contribution in [0.25, 0.3) is 0 Å². The summed E-state index contributed by atoms with van der Waals surface area (Å²) >= 11 is 0. The molecule has 0 radical (unpaired) electrons. The minimum Gasteiger partial charge on any atom is -0.465 e. The van der Waals surface area contributed by atoms with Crippen molar-refractivity contribution in [1.29, 1.82) is 0 Å². The third-order valence-electron chi connectivity index (χ3n) is 3.16. The summed E-state index contributed by atoms with van der Waals surface area (Å²) in [6.45, 7) is 1.79. The average Bonchev–Trinajstić information content (AvgIpc) is 2.45. The number of carboxylic acid groups (broad SMARTS) is 1. The number of carbonyl (C=O) groups excluding carboxylic acids is 1. The highest BCUT2D eigenvalue weighted by Gasteiger charge is 2.30. The van der Waals surface area contributed by atoms with Gasteiger partial charge in [-0.1, -0.05) is 6.92 Å². The molecule has 1 atom stereocenters. The van der Waals surface area contributed by atoms with Gasteiger partial charge in [-0.15, -0.1) is 0 Å². The first-order valence-corrected chi connectivity index (χ1v) is 6.58. The van der Waals surface area contributed by atoms with Crippen LogP contribution in [0.4, 0.5) is 23.7 Å². The van der Waals surface area contributed by atoms with Gasteiger partial charge in [0.15, 0.2) is 0 Å². The Morgan fingerprint density at radius 2 is 1.82 bits per heavy atom. The van der Waals surface area contributed by atoms with Gasteiger partial charge in [-0.25, -0.2) is 4.79 Å². The van der Waals surface area contributed by atoms with E-state index in [1.165, 1.54) is 12.1 Å². The maximum absolute atomic E-state index is 12.5. The third-order valence-corrected chi connectivity index (χ3v) is 3.16. The third kappa shape index (κ3) is 4.94. The van der Waals surface area contributed by atoms with Crippen molar-refractivity contribution in [3.63, 3.8) is 0 Å². The van der Waals surface area contributed by atoms with Crippen LogP contribution in [0.15, 0.2) is 24.3 Å². The summed E-state index contributed by atoms with van der Waals surface area (Å²) in [4.78, 5) is 22.9. The van der Waals surface area contributed by atoms with Gasteiger partial charge in [0.25, 0.3) is 0 Å². The number of benzene rings is 1. The van der Waals surface area contributed by atoms with Crippen molar-refractivity contribution in [2.75, 3.05) is 12.4 Å². The predicted octanol–water partition coefficient (Wildman–Crippen LogP) is 3.42. The highest BCUT2D eigenvalue weighted by Crippen LogP contribution is 2.30. The molecule has 0 spiro atoms. The second-order valence-corrected chi connectivity index (χ2v) is 4.76. The van der Waals surface area contributed by atoms with Crippen molar-refractivity contribution in [2.45, 2.75) is 32.0 Å². The Morgan fingerprint density at radius 1 is 1.27 bits per heavy atom. The molecule has 1 aromatic carbocycles. The molecule has 0 unspecified atom stereocenters. The minimum absolute atomic E-state index is 0.0691. The Bertz CT molecular complexity index is 529. The number of hydrogen-bond donors (Lipinski definition) is 2. The molecule has 0 aromatic heterocycles. The van der Waals surface area contributed by atoms with Crippen molar-refractivity contribution in [2.24, 2.45) is 0 Å². The van der Waals surface area contributed by atoms with Crippen LogP contribution < -0.4 is 5.32 Å². The van der Waals surface area contributed by atoms with E-state index in [1.807, 2.05) is 0 Å². The zero-order valence-electron chi connectivity index (χ0n) is 12.1. The van der Waals surface area contributed by atoms with Crippen LogP contribution in [0, 0.1) is 0 Å². The van der Waals surface area contributed by atoms with Crippen molar-refractivity contribution in [3.05, 3.63) is 29.8 Å². The molecule has 0 fully saturated rings. The summed E-state index contributed by atoms with van der Waals surface area (Å²) < 4.78 is 37.4. The predicted molar refractivity (Wildman–Crippen MR) is 74.6 cm³/mol. The maximum atomic E-state index is 12.5. The number of imide groups is 1. The lowest BCUT2D eigenvalue weighted by Crippen LogP contribution is -2.35. The van der Waals surface area contributed by atoms with Gasteiger partial charge in [0.05, 0.1) is 5.56 Å². The van der Waals surface area contributed by atoms with Crippen molar-refractivity contribution < 1.29 is 27.9 Å². The monoisotopic (exact) mass is 318 g/mol. The minimum atomic E-state index is -4.40. The normalized spacial score (nSPS) is 12.6. The first-order valence-electron chi connectivity index (χ1n) is 6.58. The van der Waals surface area contributed by atoms with E-state index in [2.05, 4.69) is 5.32 Å². The number of nitrogens with one attached hydrogen (secondary N) is 1. The molecule has 122 valence electrons. The van der Waals surface area contributed by atoms with Crippen LogP contribution in [-0.4, -0.2) is 35.1 Å². The van der Waals surface area contributed by atoms with Crippen molar-refractivity contribution in [1.82, 2.24) is 4.90 Å². The second-order valence-electron chi connectivity index (χ2n) is 4.76. The van der Waals surface area contributed by atoms with Gasteiger partial charge in [-0.05, 0) is 30.7 Å². The lowest BCUT2D eigenvalue weighted by Gasteiger charge is -2.20. The molecule has 0 aliphatic carbocycles. The molecule has 2 amide bonds. The molecule has 0 saturated carbocycles. The zero-order chi connectivity index (χ0) is 16.9. The van der Waals surface area contributed by atoms with Crippen LogP contribution in [0.1, 0.15) is 25.3 Å². The first kappa shape index (κ1) is 17.8. The van der Waals surface area contributed by atoms with Crippen LogP contribution >= 0.6 is 0 Å². The van der Waals surface area contributed by atoms with Crippen LogP contribution in [0.3, 0.4) is 0 Å². The Morgan fingerprint density at radius 3 is 2.23 bits per heavy atom. The molecule has 1 aromatic rings. The molecule has 22 heavy (non-hydrogen) atoms. The summed E-state index contributed by atoms with van der Waals surface area (Å²) in [5.41, 5.74) is -0.321. The summed E-state index contributed by atoms with van der Waals surface area (Å²) in [6, 6.07) is 4.07. The van der Waals surface area contributed by atoms with E-state index in [4.69, 9.17) is 5.11 Å². The fourth-order valence-corrected chi connectivity index (χ4v) is 1.74. The number of amides is 2. The molecule has 0 aliphatic heterocycles. The number of hydrogen-bond acceptors (Lipinski definition) is 3. The van der Waals surface area contributed by atoms with Crippen LogP contribution in [0.2, 0.25) is 0 Å². The van der Waals surface area contributed by atoms with E-state index in [0.717, 1.165) is 19.2 Å². The molecule has 8 heteroatoms. The number of alkyl halides is 3. The molecular weight excluding hydrogens is 301 g/mol. The molecule has 0 bridgehead atoms. The highest BCUT2D eigenvalue weighted by molar-refractivity contribution is 5.91.